The van der Waals surface area contributed by atoms with Crippen molar-refractivity contribution < 1.29 is 4.42 Å². The first kappa shape index (κ1) is 13.3. The molecule has 2 rings (SSSR count). The molecule has 0 aliphatic carbocycles. The molecule has 2 aromatic rings. The Labute approximate surface area is 112 Å². The van der Waals surface area contributed by atoms with Gasteiger partial charge in [-0.2, -0.15) is 0 Å². The lowest BCUT2D eigenvalue weighted by molar-refractivity contribution is 0.254. The predicted molar refractivity (Wildman–Crippen MR) is 75.7 cm³/mol. The van der Waals surface area contributed by atoms with Gasteiger partial charge in [0.1, 0.15) is 5.76 Å². The molecule has 0 amide bonds. The second-order valence-electron chi connectivity index (χ2n) is 4.51. The van der Waals surface area contributed by atoms with Crippen LogP contribution < -0.4 is 5.32 Å². The topological polar surface area (TPSA) is 28.4 Å². The summed E-state index contributed by atoms with van der Waals surface area (Å²) in [5.74, 6) is 1.03. The van der Waals surface area contributed by atoms with Gasteiger partial charge in [0.25, 0.3) is 0 Å². The SMILES string of the molecule is CNCc1occc1CN(C)C(C)c1cccs1. The molecule has 98 valence electrons. The standard InChI is InChI=1S/C14H20N2OS/c1-11(14-5-4-8-18-14)16(3)10-12-6-7-17-13(12)9-15-2/h4-8,11,15H,9-10H2,1-3H3. The first-order valence-corrected chi connectivity index (χ1v) is 7.03. The molecule has 0 spiro atoms. The van der Waals surface area contributed by atoms with E-state index in [-0.39, 0.29) is 0 Å². The van der Waals surface area contributed by atoms with Crippen molar-refractivity contribution in [1.29, 1.82) is 0 Å². The van der Waals surface area contributed by atoms with Crippen LogP contribution in [0.15, 0.2) is 34.3 Å². The fourth-order valence-electron chi connectivity index (χ4n) is 1.98. The van der Waals surface area contributed by atoms with E-state index in [0.29, 0.717) is 6.04 Å². The van der Waals surface area contributed by atoms with E-state index in [2.05, 4.69) is 47.8 Å². The molecule has 0 saturated carbocycles. The lowest BCUT2D eigenvalue weighted by atomic mass is 10.2. The van der Waals surface area contributed by atoms with Crippen LogP contribution in [0.4, 0.5) is 0 Å². The second kappa shape index (κ2) is 6.18. The molecule has 0 saturated heterocycles. The van der Waals surface area contributed by atoms with Crippen molar-refractivity contribution in [3.05, 3.63) is 46.0 Å². The summed E-state index contributed by atoms with van der Waals surface area (Å²) in [6, 6.07) is 6.79. The zero-order valence-electron chi connectivity index (χ0n) is 11.1. The molecule has 0 fully saturated rings. The second-order valence-corrected chi connectivity index (χ2v) is 5.49. The van der Waals surface area contributed by atoms with Crippen LogP contribution in [0.3, 0.4) is 0 Å². The van der Waals surface area contributed by atoms with Crippen LogP contribution in [0.2, 0.25) is 0 Å². The van der Waals surface area contributed by atoms with Crippen LogP contribution in [0, 0.1) is 0 Å². The minimum absolute atomic E-state index is 0.433. The third kappa shape index (κ3) is 3.02. The summed E-state index contributed by atoms with van der Waals surface area (Å²) < 4.78 is 5.49. The molecule has 1 atom stereocenters. The van der Waals surface area contributed by atoms with Gasteiger partial charge in [-0.25, -0.2) is 0 Å². The number of nitrogens with one attached hydrogen (secondary N) is 1. The van der Waals surface area contributed by atoms with Gasteiger partial charge in [-0.1, -0.05) is 6.07 Å². The molecule has 18 heavy (non-hydrogen) atoms. The number of furan rings is 1. The van der Waals surface area contributed by atoms with Gasteiger partial charge >= 0.3 is 0 Å². The van der Waals surface area contributed by atoms with Crippen LogP contribution >= 0.6 is 11.3 Å². The zero-order chi connectivity index (χ0) is 13.0. The maximum atomic E-state index is 5.49. The highest BCUT2D eigenvalue weighted by Crippen LogP contribution is 2.25. The Bertz CT molecular complexity index is 464. The van der Waals surface area contributed by atoms with Gasteiger partial charge < -0.3 is 9.73 Å². The highest BCUT2D eigenvalue weighted by atomic mass is 32.1. The fraction of sp³-hybridized carbons (Fsp3) is 0.429. The van der Waals surface area contributed by atoms with Gasteiger partial charge in [-0.15, -0.1) is 11.3 Å². The summed E-state index contributed by atoms with van der Waals surface area (Å²) in [7, 11) is 4.09. The lowest BCUT2D eigenvalue weighted by Crippen LogP contribution is -2.22. The molecule has 3 nitrogen and oxygen atoms in total. The maximum absolute atomic E-state index is 5.49. The molecular formula is C14H20N2OS. The number of nitrogens with zero attached hydrogens (tertiary/aromatic N) is 1. The van der Waals surface area contributed by atoms with Crippen molar-refractivity contribution in [2.75, 3.05) is 14.1 Å². The van der Waals surface area contributed by atoms with Gasteiger partial charge in [-0.3, -0.25) is 4.90 Å². The average molecular weight is 264 g/mol. The van der Waals surface area contributed by atoms with E-state index in [4.69, 9.17) is 4.42 Å². The van der Waals surface area contributed by atoms with E-state index in [9.17, 15) is 0 Å². The van der Waals surface area contributed by atoms with Crippen LogP contribution in [0.1, 0.15) is 29.2 Å². The van der Waals surface area contributed by atoms with Crippen LogP contribution in [0.25, 0.3) is 0 Å². The van der Waals surface area contributed by atoms with E-state index in [1.165, 1.54) is 10.4 Å². The Morgan fingerprint density at radius 2 is 2.28 bits per heavy atom. The summed E-state index contributed by atoms with van der Waals surface area (Å²) >= 11 is 1.81. The first-order chi connectivity index (χ1) is 8.72. The van der Waals surface area contributed by atoms with Crippen molar-refractivity contribution in [3.63, 3.8) is 0 Å². The summed E-state index contributed by atoms with van der Waals surface area (Å²) in [5.41, 5.74) is 1.26. The van der Waals surface area contributed by atoms with Gasteiger partial charge in [0.05, 0.1) is 12.8 Å². The fourth-order valence-corrected chi connectivity index (χ4v) is 2.82. The van der Waals surface area contributed by atoms with Gasteiger partial charge in [-0.05, 0) is 38.5 Å². The monoisotopic (exact) mass is 264 g/mol. The Morgan fingerprint density at radius 1 is 1.44 bits per heavy atom. The normalized spacial score (nSPS) is 13.1. The molecule has 4 heteroatoms. The quantitative estimate of drug-likeness (QED) is 0.868. The Hall–Kier alpha value is -1.10. The van der Waals surface area contributed by atoms with E-state index in [0.717, 1.165) is 18.8 Å². The lowest BCUT2D eigenvalue weighted by Gasteiger charge is -2.23. The van der Waals surface area contributed by atoms with Crippen LogP contribution in [-0.2, 0) is 13.1 Å². The number of hydrogen-bond donors (Lipinski definition) is 1. The molecule has 0 aliphatic heterocycles. The first-order valence-electron chi connectivity index (χ1n) is 6.16. The van der Waals surface area contributed by atoms with Gasteiger partial charge in [0.15, 0.2) is 0 Å². The third-order valence-electron chi connectivity index (χ3n) is 3.21. The molecule has 1 N–H and O–H groups in total. The van der Waals surface area contributed by atoms with Crippen molar-refractivity contribution in [1.82, 2.24) is 10.2 Å². The molecular weight excluding hydrogens is 244 g/mol. The minimum atomic E-state index is 0.433. The molecule has 0 aliphatic rings. The molecule has 1 unspecified atom stereocenters. The summed E-state index contributed by atoms with van der Waals surface area (Å²) in [6.45, 7) is 3.93. The smallest absolute Gasteiger partial charge is 0.122 e. The van der Waals surface area contributed by atoms with Crippen molar-refractivity contribution in [2.24, 2.45) is 0 Å². The van der Waals surface area contributed by atoms with E-state index in [1.807, 2.05) is 18.4 Å². The van der Waals surface area contributed by atoms with E-state index >= 15 is 0 Å². The summed E-state index contributed by atoms with van der Waals surface area (Å²) in [6.07, 6.45) is 1.77. The third-order valence-corrected chi connectivity index (χ3v) is 4.25. The minimum Gasteiger partial charge on any atom is -0.468 e. The predicted octanol–water partition coefficient (Wildman–Crippen LogP) is 3.25. The van der Waals surface area contributed by atoms with Crippen molar-refractivity contribution >= 4 is 11.3 Å². The number of thiophene rings is 1. The molecule has 0 bridgehead atoms. The van der Waals surface area contributed by atoms with E-state index < -0.39 is 0 Å². The van der Waals surface area contributed by atoms with Crippen LogP contribution in [0.5, 0.6) is 0 Å². The van der Waals surface area contributed by atoms with Crippen molar-refractivity contribution in [3.8, 4) is 0 Å². The van der Waals surface area contributed by atoms with E-state index in [1.54, 1.807) is 6.26 Å². The number of hydrogen-bond acceptors (Lipinski definition) is 4. The largest absolute Gasteiger partial charge is 0.468 e. The zero-order valence-corrected chi connectivity index (χ0v) is 12.0. The van der Waals surface area contributed by atoms with Gasteiger partial charge in [0, 0.05) is 23.0 Å². The Balaban J connectivity index is 2.02. The Morgan fingerprint density at radius 3 is 2.94 bits per heavy atom. The number of rotatable bonds is 6. The molecule has 2 aromatic heterocycles. The highest BCUT2D eigenvalue weighted by Gasteiger charge is 2.15. The molecule has 0 aromatic carbocycles. The Kier molecular flexibility index (Phi) is 4.58. The average Bonchev–Trinajstić information content (AvgIpc) is 3.00. The van der Waals surface area contributed by atoms with Crippen molar-refractivity contribution in [2.45, 2.75) is 26.1 Å². The summed E-state index contributed by atoms with van der Waals surface area (Å²) in [4.78, 5) is 3.74. The summed E-state index contributed by atoms with van der Waals surface area (Å²) in [5, 5.41) is 5.26. The molecule has 2 heterocycles. The highest BCUT2D eigenvalue weighted by molar-refractivity contribution is 7.10. The van der Waals surface area contributed by atoms with Crippen LogP contribution in [-0.4, -0.2) is 19.0 Å². The molecule has 0 radical (unpaired) electrons. The maximum Gasteiger partial charge on any atom is 0.122 e. The van der Waals surface area contributed by atoms with Gasteiger partial charge in [0.2, 0.25) is 0 Å².